The van der Waals surface area contributed by atoms with Crippen molar-refractivity contribution in [2.45, 2.75) is 109 Å². The number of hydrogen-bond acceptors (Lipinski definition) is 5. The van der Waals surface area contributed by atoms with Crippen molar-refractivity contribution in [3.8, 4) is 0 Å². The number of carbonyl (C=O) groups is 2. The Morgan fingerprint density at radius 1 is 1.32 bits per heavy atom. The molecular weight excluding hydrogens is 412 g/mol. The van der Waals surface area contributed by atoms with Gasteiger partial charge in [-0.25, -0.2) is 0 Å². The zero-order valence-electron chi connectivity index (χ0n) is 20.5. The predicted octanol–water partition coefficient (Wildman–Crippen LogP) is 3.50. The monoisotopic (exact) mass is 454 g/mol. The van der Waals surface area contributed by atoms with Crippen LogP contribution in [0.15, 0.2) is 12.7 Å². The fourth-order valence-corrected chi connectivity index (χ4v) is 5.13. The van der Waals surface area contributed by atoms with Gasteiger partial charge >= 0.3 is 0 Å². The van der Waals surface area contributed by atoms with E-state index >= 15 is 0 Å². The minimum Gasteiger partial charge on any atom is -0.410 e. The average molecular weight is 455 g/mol. The molecule has 7 nitrogen and oxygen atoms in total. The summed E-state index contributed by atoms with van der Waals surface area (Å²) in [5.41, 5.74) is 0. The molecule has 2 fully saturated rings. The van der Waals surface area contributed by atoms with Crippen LogP contribution >= 0.6 is 0 Å². The van der Waals surface area contributed by atoms with E-state index in [-0.39, 0.29) is 23.0 Å². The van der Waals surface area contributed by atoms with E-state index in [4.69, 9.17) is 13.9 Å². The third-order valence-corrected chi connectivity index (χ3v) is 11.2. The van der Waals surface area contributed by atoms with E-state index in [1.807, 2.05) is 20.8 Å². The molecule has 0 radical (unpaired) electrons. The van der Waals surface area contributed by atoms with Crippen LogP contribution < -0.4 is 10.6 Å². The second-order valence-corrected chi connectivity index (χ2v) is 15.5. The molecule has 2 amide bonds. The lowest BCUT2D eigenvalue weighted by Gasteiger charge is -2.42. The summed E-state index contributed by atoms with van der Waals surface area (Å²) in [6.45, 7) is 20.9. The van der Waals surface area contributed by atoms with Gasteiger partial charge in [0.25, 0.3) is 0 Å². The van der Waals surface area contributed by atoms with E-state index in [9.17, 15) is 9.59 Å². The summed E-state index contributed by atoms with van der Waals surface area (Å²) < 4.78 is 19.0. The average Bonchev–Trinajstić information content (AvgIpc) is 2.83. The molecule has 0 aliphatic carbocycles. The van der Waals surface area contributed by atoms with E-state index in [1.54, 1.807) is 6.08 Å². The third kappa shape index (κ3) is 6.40. The first-order valence-corrected chi connectivity index (χ1v) is 14.3. The molecule has 2 aliphatic rings. The van der Waals surface area contributed by atoms with E-state index in [0.29, 0.717) is 13.0 Å². The van der Waals surface area contributed by atoms with Crippen LogP contribution in [0.4, 0.5) is 0 Å². The van der Waals surface area contributed by atoms with Crippen LogP contribution in [0.1, 0.15) is 60.8 Å². The molecular formula is C23H42N2O5Si. The Morgan fingerprint density at radius 3 is 2.55 bits per heavy atom. The SMILES string of the molecule is C=C[C@H]1OC(C)(C)O[C@@H]1[C@@H](O[Si](C)(C)C(C)(C)C)[C@@H](C)C(=O)N[C@H]1CCCCNC1=O. The summed E-state index contributed by atoms with van der Waals surface area (Å²) in [6.07, 6.45) is 2.79. The Hall–Kier alpha value is -1.22. The van der Waals surface area contributed by atoms with Crippen LogP contribution in [-0.2, 0) is 23.5 Å². The topological polar surface area (TPSA) is 85.9 Å². The van der Waals surface area contributed by atoms with E-state index in [1.165, 1.54) is 0 Å². The molecule has 2 heterocycles. The maximum absolute atomic E-state index is 13.3. The summed E-state index contributed by atoms with van der Waals surface area (Å²) >= 11 is 0. The quantitative estimate of drug-likeness (QED) is 0.454. The van der Waals surface area contributed by atoms with Crippen molar-refractivity contribution in [2.24, 2.45) is 5.92 Å². The van der Waals surface area contributed by atoms with Crippen molar-refractivity contribution in [3.63, 3.8) is 0 Å². The van der Waals surface area contributed by atoms with Crippen LogP contribution in [0, 0.1) is 5.92 Å². The molecule has 0 saturated carbocycles. The molecule has 0 aromatic heterocycles. The first-order chi connectivity index (χ1) is 14.2. The summed E-state index contributed by atoms with van der Waals surface area (Å²) in [5, 5.41) is 5.78. The van der Waals surface area contributed by atoms with Crippen LogP contribution in [0.25, 0.3) is 0 Å². The van der Waals surface area contributed by atoms with Crippen molar-refractivity contribution in [1.82, 2.24) is 10.6 Å². The first-order valence-electron chi connectivity index (χ1n) is 11.4. The highest BCUT2D eigenvalue weighted by atomic mass is 28.4. The van der Waals surface area contributed by atoms with Crippen LogP contribution in [0.3, 0.4) is 0 Å². The third-order valence-electron chi connectivity index (χ3n) is 6.71. The van der Waals surface area contributed by atoms with Crippen molar-refractivity contribution in [3.05, 3.63) is 12.7 Å². The molecule has 0 bridgehead atoms. The summed E-state index contributed by atoms with van der Waals surface area (Å²) in [5.74, 6) is -1.65. The van der Waals surface area contributed by atoms with Crippen LogP contribution in [0.2, 0.25) is 18.1 Å². The number of nitrogens with one attached hydrogen (secondary N) is 2. The minimum absolute atomic E-state index is 0.0404. The van der Waals surface area contributed by atoms with Crippen LogP contribution in [0.5, 0.6) is 0 Å². The fraction of sp³-hybridized carbons (Fsp3) is 0.826. The zero-order valence-corrected chi connectivity index (χ0v) is 21.5. The number of carbonyl (C=O) groups excluding carboxylic acids is 2. The molecule has 0 spiro atoms. The molecule has 0 aromatic rings. The van der Waals surface area contributed by atoms with Gasteiger partial charge in [0, 0.05) is 6.54 Å². The van der Waals surface area contributed by atoms with Gasteiger partial charge in [-0.1, -0.05) is 33.8 Å². The standard InChI is InChI=1S/C23H42N2O5Si/c1-10-17-19(29-23(6,7)28-17)18(30-31(8,9)22(3,4)5)15(2)20(26)25-16-13-11-12-14-24-21(16)27/h10,15-19H,1,11-14H2,2-9H3,(H,24,27)(H,25,26)/t15-,16+,17-,18+,19+/m1/s1. The molecule has 178 valence electrons. The van der Waals surface area contributed by atoms with Gasteiger partial charge in [0.1, 0.15) is 18.2 Å². The van der Waals surface area contributed by atoms with Crippen molar-refractivity contribution in [1.29, 1.82) is 0 Å². The molecule has 0 aromatic carbocycles. The van der Waals surface area contributed by atoms with E-state index in [0.717, 1.165) is 12.8 Å². The van der Waals surface area contributed by atoms with E-state index in [2.05, 4.69) is 51.1 Å². The second kappa shape index (κ2) is 9.73. The van der Waals surface area contributed by atoms with Gasteiger partial charge in [-0.3, -0.25) is 9.59 Å². The van der Waals surface area contributed by atoms with Crippen molar-refractivity contribution >= 4 is 20.1 Å². The molecule has 2 aliphatic heterocycles. The Kier molecular flexibility index (Phi) is 8.17. The number of amides is 2. The Bertz CT molecular complexity index is 673. The van der Waals surface area contributed by atoms with E-state index < -0.39 is 38.3 Å². The largest absolute Gasteiger partial charge is 0.410 e. The zero-order chi connectivity index (χ0) is 23.6. The normalized spacial score (nSPS) is 28.9. The van der Waals surface area contributed by atoms with Crippen molar-refractivity contribution in [2.75, 3.05) is 6.54 Å². The molecule has 2 N–H and O–H groups in total. The van der Waals surface area contributed by atoms with Crippen LogP contribution in [-0.4, -0.2) is 56.8 Å². The number of ether oxygens (including phenoxy) is 2. The van der Waals surface area contributed by atoms with Gasteiger partial charge < -0.3 is 24.5 Å². The lowest BCUT2D eigenvalue weighted by molar-refractivity contribution is -0.158. The van der Waals surface area contributed by atoms with Gasteiger partial charge in [0.15, 0.2) is 14.1 Å². The predicted molar refractivity (Wildman–Crippen MR) is 124 cm³/mol. The van der Waals surface area contributed by atoms with Gasteiger partial charge in [-0.05, 0) is 51.2 Å². The molecule has 0 unspecified atom stereocenters. The molecule has 5 atom stereocenters. The highest BCUT2D eigenvalue weighted by Gasteiger charge is 2.50. The Morgan fingerprint density at radius 2 is 1.97 bits per heavy atom. The van der Waals surface area contributed by atoms with Crippen molar-refractivity contribution < 1.29 is 23.5 Å². The number of rotatable bonds is 7. The Balaban J connectivity index is 2.29. The molecule has 8 heteroatoms. The lowest BCUT2D eigenvalue weighted by atomic mass is 9.95. The summed E-state index contributed by atoms with van der Waals surface area (Å²) in [4.78, 5) is 25.6. The Labute approximate surface area is 188 Å². The second-order valence-electron chi connectivity index (χ2n) is 10.8. The van der Waals surface area contributed by atoms with Gasteiger partial charge in [0.2, 0.25) is 11.8 Å². The fourth-order valence-electron chi connectivity index (χ4n) is 3.75. The summed E-state index contributed by atoms with van der Waals surface area (Å²) in [6, 6.07) is -0.515. The first kappa shape index (κ1) is 26.0. The van der Waals surface area contributed by atoms with Gasteiger partial charge in [0.05, 0.1) is 12.0 Å². The highest BCUT2D eigenvalue weighted by Crippen LogP contribution is 2.41. The molecule has 2 rings (SSSR count). The molecule has 2 saturated heterocycles. The smallest absolute Gasteiger partial charge is 0.242 e. The minimum atomic E-state index is -2.24. The molecule has 31 heavy (non-hydrogen) atoms. The van der Waals surface area contributed by atoms with Gasteiger partial charge in [-0.15, -0.1) is 6.58 Å². The van der Waals surface area contributed by atoms with Gasteiger partial charge in [-0.2, -0.15) is 0 Å². The number of hydrogen-bond donors (Lipinski definition) is 2. The highest BCUT2D eigenvalue weighted by molar-refractivity contribution is 6.74. The maximum atomic E-state index is 13.3. The lowest BCUT2D eigenvalue weighted by Crippen LogP contribution is -2.55. The summed E-state index contributed by atoms with van der Waals surface area (Å²) in [7, 11) is -2.24. The maximum Gasteiger partial charge on any atom is 0.242 e.